The highest BCUT2D eigenvalue weighted by molar-refractivity contribution is 7.21. The Labute approximate surface area is 149 Å². The number of carboxylic acid groups (broad SMARTS) is 1. The Morgan fingerprint density at radius 1 is 1.28 bits per heavy atom. The summed E-state index contributed by atoms with van der Waals surface area (Å²) in [4.78, 5) is 31.0. The standard InChI is InChI=1S/C19H20N2O3S/c1-4-14(19(23)24)21-16(11(2)3)20-17-13(18(21)22)10-15(25-17)12-8-6-5-7-9-12/h5-11,14H,4H2,1-3H3,(H,23,24). The molecule has 0 fully saturated rings. The predicted molar refractivity (Wildman–Crippen MR) is 100 cm³/mol. The number of carboxylic acids is 1. The first kappa shape index (κ1) is 17.4. The molecule has 3 rings (SSSR count). The number of hydrogen-bond donors (Lipinski definition) is 1. The summed E-state index contributed by atoms with van der Waals surface area (Å²) in [5.41, 5.74) is 0.745. The van der Waals surface area contributed by atoms with Crippen LogP contribution in [-0.2, 0) is 4.79 Å². The molecule has 1 atom stereocenters. The van der Waals surface area contributed by atoms with E-state index in [0.29, 0.717) is 22.5 Å². The fourth-order valence-electron chi connectivity index (χ4n) is 2.93. The summed E-state index contributed by atoms with van der Waals surface area (Å²) < 4.78 is 1.36. The van der Waals surface area contributed by atoms with Crippen LogP contribution in [0.15, 0.2) is 41.2 Å². The Morgan fingerprint density at radius 2 is 1.96 bits per heavy atom. The van der Waals surface area contributed by atoms with Gasteiger partial charge in [-0.15, -0.1) is 11.3 Å². The van der Waals surface area contributed by atoms with Crippen LogP contribution in [0.3, 0.4) is 0 Å². The molecule has 5 nitrogen and oxygen atoms in total. The maximum atomic E-state index is 13.1. The Hall–Kier alpha value is -2.47. The first-order valence-electron chi connectivity index (χ1n) is 8.28. The number of carbonyl (C=O) groups is 1. The Balaban J connectivity index is 2.29. The largest absolute Gasteiger partial charge is 0.480 e. The molecular formula is C19H20N2O3S. The van der Waals surface area contributed by atoms with E-state index in [-0.39, 0.29) is 11.5 Å². The lowest BCUT2D eigenvalue weighted by atomic mass is 10.1. The van der Waals surface area contributed by atoms with Gasteiger partial charge >= 0.3 is 5.97 Å². The zero-order valence-corrected chi connectivity index (χ0v) is 15.2. The third kappa shape index (κ3) is 3.09. The van der Waals surface area contributed by atoms with Gasteiger partial charge < -0.3 is 5.11 Å². The number of aliphatic carboxylic acids is 1. The summed E-state index contributed by atoms with van der Waals surface area (Å²) in [6, 6.07) is 10.7. The Kier molecular flexibility index (Phi) is 4.72. The average Bonchev–Trinajstić information content (AvgIpc) is 3.02. The average molecular weight is 356 g/mol. The minimum atomic E-state index is -1.01. The first-order chi connectivity index (χ1) is 11.9. The van der Waals surface area contributed by atoms with Crippen LogP contribution in [0.25, 0.3) is 20.7 Å². The van der Waals surface area contributed by atoms with Gasteiger partial charge in [0.05, 0.1) is 5.39 Å². The van der Waals surface area contributed by atoms with Gasteiger partial charge in [-0.05, 0) is 18.1 Å². The molecule has 6 heteroatoms. The highest BCUT2D eigenvalue weighted by atomic mass is 32.1. The molecule has 0 bridgehead atoms. The zero-order valence-electron chi connectivity index (χ0n) is 14.4. The smallest absolute Gasteiger partial charge is 0.326 e. The second-order valence-electron chi connectivity index (χ2n) is 6.26. The number of aromatic nitrogens is 2. The van der Waals surface area contributed by atoms with Crippen molar-refractivity contribution >= 4 is 27.5 Å². The van der Waals surface area contributed by atoms with Gasteiger partial charge in [-0.3, -0.25) is 9.36 Å². The Morgan fingerprint density at radius 3 is 2.52 bits per heavy atom. The van der Waals surface area contributed by atoms with Gasteiger partial charge in [0.1, 0.15) is 16.7 Å². The summed E-state index contributed by atoms with van der Waals surface area (Å²) >= 11 is 1.46. The van der Waals surface area contributed by atoms with Gasteiger partial charge in [-0.1, -0.05) is 51.1 Å². The van der Waals surface area contributed by atoms with E-state index in [1.54, 1.807) is 6.92 Å². The van der Waals surface area contributed by atoms with E-state index in [4.69, 9.17) is 0 Å². The summed E-state index contributed by atoms with van der Waals surface area (Å²) in [6.45, 7) is 5.61. The van der Waals surface area contributed by atoms with Crippen molar-refractivity contribution in [2.75, 3.05) is 0 Å². The van der Waals surface area contributed by atoms with Crippen LogP contribution in [0, 0.1) is 0 Å². The third-order valence-electron chi connectivity index (χ3n) is 4.18. The lowest BCUT2D eigenvalue weighted by Gasteiger charge is -2.19. The molecule has 0 aliphatic heterocycles. The fraction of sp³-hybridized carbons (Fsp3) is 0.316. The molecule has 2 aromatic heterocycles. The Bertz CT molecular complexity index is 973. The molecule has 0 spiro atoms. The van der Waals surface area contributed by atoms with E-state index in [1.807, 2.05) is 50.2 Å². The molecule has 0 saturated carbocycles. The van der Waals surface area contributed by atoms with Crippen molar-refractivity contribution in [2.45, 2.75) is 39.2 Å². The van der Waals surface area contributed by atoms with Crippen LogP contribution in [0.4, 0.5) is 0 Å². The first-order valence-corrected chi connectivity index (χ1v) is 9.09. The lowest BCUT2D eigenvalue weighted by Crippen LogP contribution is -2.33. The molecule has 0 radical (unpaired) electrons. The quantitative estimate of drug-likeness (QED) is 0.740. The number of rotatable bonds is 5. The molecule has 25 heavy (non-hydrogen) atoms. The van der Waals surface area contributed by atoms with E-state index in [1.165, 1.54) is 15.9 Å². The van der Waals surface area contributed by atoms with Crippen molar-refractivity contribution < 1.29 is 9.90 Å². The van der Waals surface area contributed by atoms with E-state index in [0.717, 1.165) is 10.4 Å². The predicted octanol–water partition coefficient (Wildman–Crippen LogP) is 4.28. The van der Waals surface area contributed by atoms with E-state index in [9.17, 15) is 14.7 Å². The lowest BCUT2D eigenvalue weighted by molar-refractivity contribution is -0.141. The molecular weight excluding hydrogens is 336 g/mol. The third-order valence-corrected chi connectivity index (χ3v) is 5.26. The molecule has 3 aromatic rings. The topological polar surface area (TPSA) is 72.2 Å². The molecule has 130 valence electrons. The van der Waals surface area contributed by atoms with Crippen molar-refractivity contribution in [3.8, 4) is 10.4 Å². The summed E-state index contributed by atoms with van der Waals surface area (Å²) in [6.07, 6.45) is 0.331. The summed E-state index contributed by atoms with van der Waals surface area (Å²) in [7, 11) is 0. The maximum Gasteiger partial charge on any atom is 0.326 e. The number of benzene rings is 1. The molecule has 0 aliphatic carbocycles. The van der Waals surface area contributed by atoms with Crippen LogP contribution >= 0.6 is 11.3 Å². The van der Waals surface area contributed by atoms with Crippen molar-refractivity contribution in [3.05, 3.63) is 52.6 Å². The normalized spacial score (nSPS) is 12.6. The van der Waals surface area contributed by atoms with Crippen LogP contribution in [0.1, 0.15) is 45.0 Å². The fourth-order valence-corrected chi connectivity index (χ4v) is 3.96. The number of hydrogen-bond acceptors (Lipinski definition) is 4. The van der Waals surface area contributed by atoms with Crippen LogP contribution < -0.4 is 5.56 Å². The van der Waals surface area contributed by atoms with E-state index in [2.05, 4.69) is 4.98 Å². The molecule has 2 heterocycles. The number of thiophene rings is 1. The minimum absolute atomic E-state index is 0.0484. The van der Waals surface area contributed by atoms with Gasteiger partial charge in [0, 0.05) is 10.8 Å². The molecule has 1 N–H and O–H groups in total. The summed E-state index contributed by atoms with van der Waals surface area (Å²) in [5, 5.41) is 10.0. The molecule has 1 unspecified atom stereocenters. The van der Waals surface area contributed by atoms with Gasteiger partial charge in [0.2, 0.25) is 0 Å². The zero-order chi connectivity index (χ0) is 18.1. The number of fused-ring (bicyclic) bond motifs is 1. The molecule has 1 aromatic carbocycles. The molecule has 0 aliphatic rings. The highest BCUT2D eigenvalue weighted by Gasteiger charge is 2.25. The second kappa shape index (κ2) is 6.80. The van der Waals surface area contributed by atoms with Gasteiger partial charge in [0.25, 0.3) is 5.56 Å². The summed E-state index contributed by atoms with van der Waals surface area (Å²) in [5.74, 6) is -0.535. The van der Waals surface area contributed by atoms with Crippen molar-refractivity contribution in [2.24, 2.45) is 0 Å². The maximum absolute atomic E-state index is 13.1. The highest BCUT2D eigenvalue weighted by Crippen LogP contribution is 2.32. The van der Waals surface area contributed by atoms with Crippen LogP contribution in [0.2, 0.25) is 0 Å². The van der Waals surface area contributed by atoms with E-state index < -0.39 is 12.0 Å². The van der Waals surface area contributed by atoms with Gasteiger partial charge in [-0.2, -0.15) is 0 Å². The molecule has 0 amide bonds. The SMILES string of the molecule is CCC(C(=O)O)n1c(C(C)C)nc2sc(-c3ccccc3)cc2c1=O. The molecule has 0 saturated heterocycles. The van der Waals surface area contributed by atoms with Crippen molar-refractivity contribution in [1.29, 1.82) is 0 Å². The van der Waals surface area contributed by atoms with Gasteiger partial charge in [-0.25, -0.2) is 9.78 Å². The minimum Gasteiger partial charge on any atom is -0.480 e. The van der Waals surface area contributed by atoms with Gasteiger partial charge in [0.15, 0.2) is 0 Å². The van der Waals surface area contributed by atoms with Crippen LogP contribution in [0.5, 0.6) is 0 Å². The van der Waals surface area contributed by atoms with E-state index >= 15 is 0 Å². The second-order valence-corrected chi connectivity index (χ2v) is 7.29. The van der Waals surface area contributed by atoms with Crippen molar-refractivity contribution in [1.82, 2.24) is 9.55 Å². The van der Waals surface area contributed by atoms with Crippen LogP contribution in [-0.4, -0.2) is 20.6 Å². The van der Waals surface area contributed by atoms with Crippen molar-refractivity contribution in [3.63, 3.8) is 0 Å². The number of nitrogens with zero attached hydrogens (tertiary/aromatic N) is 2. The monoisotopic (exact) mass is 356 g/mol.